The van der Waals surface area contributed by atoms with Gasteiger partial charge in [-0.2, -0.15) is 0 Å². The first-order valence-corrected chi connectivity index (χ1v) is 5.71. The van der Waals surface area contributed by atoms with Crippen LogP contribution in [0.3, 0.4) is 0 Å². The Hall–Kier alpha value is -1.45. The third-order valence-corrected chi connectivity index (χ3v) is 2.60. The van der Waals surface area contributed by atoms with Crippen LogP contribution in [0.2, 0.25) is 5.02 Å². The lowest BCUT2D eigenvalue weighted by molar-refractivity contribution is 0.103. The highest BCUT2D eigenvalue weighted by molar-refractivity contribution is 6.32. The van der Waals surface area contributed by atoms with Crippen LogP contribution >= 0.6 is 11.6 Å². The summed E-state index contributed by atoms with van der Waals surface area (Å²) in [5, 5.41) is 10.3. The second kappa shape index (κ2) is 5.75. The maximum Gasteiger partial charge on any atom is 0.138 e. The number of hydrogen-bond acceptors (Lipinski definition) is 3. The van der Waals surface area contributed by atoms with Gasteiger partial charge in [0.1, 0.15) is 18.1 Å². The molecule has 17 heavy (non-hydrogen) atoms. The monoisotopic (exact) mass is 252 g/mol. The van der Waals surface area contributed by atoms with Crippen LogP contribution in [0.15, 0.2) is 47.1 Å². The molecule has 2 aromatic rings. The van der Waals surface area contributed by atoms with Crippen LogP contribution in [0.1, 0.15) is 5.76 Å². The van der Waals surface area contributed by atoms with Crippen LogP contribution in [-0.2, 0) is 6.42 Å². The summed E-state index contributed by atoms with van der Waals surface area (Å²) in [6.07, 6.45) is 1.39. The van der Waals surface area contributed by atoms with Gasteiger partial charge in [0.05, 0.1) is 17.4 Å². The van der Waals surface area contributed by atoms with Crippen molar-refractivity contribution >= 4 is 11.6 Å². The lowest BCUT2D eigenvalue weighted by atomic mass is 10.2. The van der Waals surface area contributed by atoms with E-state index in [4.69, 9.17) is 20.8 Å². The van der Waals surface area contributed by atoms with Gasteiger partial charge in [-0.05, 0) is 24.3 Å². The lowest BCUT2D eigenvalue weighted by Gasteiger charge is -2.11. The van der Waals surface area contributed by atoms with Crippen molar-refractivity contribution in [1.82, 2.24) is 0 Å². The summed E-state index contributed by atoms with van der Waals surface area (Å²) in [7, 11) is 0. The quantitative estimate of drug-likeness (QED) is 0.890. The fraction of sp³-hybridized carbons (Fsp3) is 0.231. The van der Waals surface area contributed by atoms with Gasteiger partial charge in [-0.15, -0.1) is 0 Å². The molecule has 0 aliphatic rings. The van der Waals surface area contributed by atoms with Gasteiger partial charge in [0, 0.05) is 6.42 Å². The largest absolute Gasteiger partial charge is 0.489 e. The molecule has 1 heterocycles. The van der Waals surface area contributed by atoms with E-state index in [0.29, 0.717) is 17.2 Å². The van der Waals surface area contributed by atoms with E-state index in [-0.39, 0.29) is 6.61 Å². The minimum atomic E-state index is -0.613. The van der Waals surface area contributed by atoms with Crippen molar-refractivity contribution < 1.29 is 14.3 Å². The van der Waals surface area contributed by atoms with E-state index < -0.39 is 6.10 Å². The van der Waals surface area contributed by atoms with Gasteiger partial charge in [-0.1, -0.05) is 23.7 Å². The Balaban J connectivity index is 1.84. The minimum Gasteiger partial charge on any atom is -0.489 e. The molecule has 4 heteroatoms. The molecule has 90 valence electrons. The molecule has 0 spiro atoms. The van der Waals surface area contributed by atoms with Crippen LogP contribution in [0.5, 0.6) is 5.75 Å². The summed E-state index contributed by atoms with van der Waals surface area (Å²) >= 11 is 5.93. The van der Waals surface area contributed by atoms with Gasteiger partial charge in [-0.3, -0.25) is 0 Å². The van der Waals surface area contributed by atoms with Crippen LogP contribution < -0.4 is 4.74 Å². The van der Waals surface area contributed by atoms with Crippen molar-refractivity contribution in [3.8, 4) is 5.75 Å². The Morgan fingerprint density at radius 1 is 1.24 bits per heavy atom. The van der Waals surface area contributed by atoms with E-state index in [0.717, 1.165) is 5.76 Å². The predicted octanol–water partition coefficient (Wildman–Crippen LogP) is 2.92. The molecule has 0 saturated carbocycles. The number of ether oxygens (including phenoxy) is 1. The Bertz CT molecular complexity index is 453. The molecule has 0 saturated heterocycles. The molecule has 1 aromatic carbocycles. The third kappa shape index (κ3) is 3.51. The highest BCUT2D eigenvalue weighted by Gasteiger charge is 2.09. The van der Waals surface area contributed by atoms with Gasteiger partial charge in [0.2, 0.25) is 0 Å². The number of para-hydroxylation sites is 1. The number of rotatable bonds is 5. The van der Waals surface area contributed by atoms with Crippen LogP contribution in [0, 0.1) is 0 Å². The molecule has 0 fully saturated rings. The number of benzene rings is 1. The zero-order valence-electron chi connectivity index (χ0n) is 9.17. The smallest absolute Gasteiger partial charge is 0.138 e. The van der Waals surface area contributed by atoms with Gasteiger partial charge in [0.25, 0.3) is 0 Å². The lowest BCUT2D eigenvalue weighted by Crippen LogP contribution is -2.19. The van der Waals surface area contributed by atoms with Crippen molar-refractivity contribution in [2.45, 2.75) is 12.5 Å². The van der Waals surface area contributed by atoms with E-state index in [1.807, 2.05) is 18.2 Å². The van der Waals surface area contributed by atoms with Crippen LogP contribution in [0.4, 0.5) is 0 Å². The SMILES string of the molecule is OC(COc1ccccc1Cl)Cc1ccco1. The third-order valence-electron chi connectivity index (χ3n) is 2.28. The molecule has 1 aromatic heterocycles. The molecule has 2 rings (SSSR count). The first-order valence-electron chi connectivity index (χ1n) is 5.33. The van der Waals surface area contributed by atoms with E-state index in [1.165, 1.54) is 0 Å². The van der Waals surface area contributed by atoms with E-state index >= 15 is 0 Å². The Morgan fingerprint density at radius 2 is 2.06 bits per heavy atom. The van der Waals surface area contributed by atoms with Crippen molar-refractivity contribution in [3.05, 3.63) is 53.4 Å². The minimum absolute atomic E-state index is 0.185. The van der Waals surface area contributed by atoms with E-state index in [9.17, 15) is 5.11 Å². The average Bonchev–Trinajstić information content (AvgIpc) is 2.81. The molecule has 1 unspecified atom stereocenters. The maximum atomic E-state index is 9.75. The number of halogens is 1. The molecular weight excluding hydrogens is 240 g/mol. The summed E-state index contributed by atoms with van der Waals surface area (Å²) in [6, 6.07) is 10.8. The normalized spacial score (nSPS) is 12.4. The number of aliphatic hydroxyl groups excluding tert-OH is 1. The van der Waals surface area contributed by atoms with Crippen molar-refractivity contribution in [3.63, 3.8) is 0 Å². The Kier molecular flexibility index (Phi) is 4.07. The highest BCUT2D eigenvalue weighted by atomic mass is 35.5. The molecule has 0 radical (unpaired) electrons. The second-order valence-corrected chi connectivity index (χ2v) is 4.09. The Morgan fingerprint density at radius 3 is 2.76 bits per heavy atom. The molecular formula is C13H13ClO3. The first kappa shape index (κ1) is 12.0. The average molecular weight is 253 g/mol. The zero-order chi connectivity index (χ0) is 12.1. The number of furan rings is 1. The van der Waals surface area contributed by atoms with Gasteiger partial charge >= 0.3 is 0 Å². The second-order valence-electron chi connectivity index (χ2n) is 3.68. The molecule has 0 amide bonds. The number of aliphatic hydroxyl groups is 1. The molecule has 3 nitrogen and oxygen atoms in total. The van der Waals surface area contributed by atoms with Gasteiger partial charge in [0.15, 0.2) is 0 Å². The zero-order valence-corrected chi connectivity index (χ0v) is 9.93. The maximum absolute atomic E-state index is 9.75. The summed E-state index contributed by atoms with van der Waals surface area (Å²) in [5.74, 6) is 1.31. The van der Waals surface area contributed by atoms with Crippen molar-refractivity contribution in [2.24, 2.45) is 0 Å². The van der Waals surface area contributed by atoms with Crippen molar-refractivity contribution in [2.75, 3.05) is 6.61 Å². The fourth-order valence-electron chi connectivity index (χ4n) is 1.47. The highest BCUT2D eigenvalue weighted by Crippen LogP contribution is 2.23. The van der Waals surface area contributed by atoms with Gasteiger partial charge in [-0.25, -0.2) is 0 Å². The van der Waals surface area contributed by atoms with Crippen LogP contribution in [-0.4, -0.2) is 17.8 Å². The summed E-state index contributed by atoms with van der Waals surface area (Å²) < 4.78 is 10.6. The molecule has 0 bridgehead atoms. The van der Waals surface area contributed by atoms with E-state index in [2.05, 4.69) is 0 Å². The standard InChI is InChI=1S/C13H13ClO3/c14-12-5-1-2-6-13(12)17-9-10(15)8-11-4-3-7-16-11/h1-7,10,15H,8-9H2. The van der Waals surface area contributed by atoms with Crippen LogP contribution in [0.25, 0.3) is 0 Å². The Labute approximate surface area is 105 Å². The first-order chi connectivity index (χ1) is 8.25. The predicted molar refractivity (Wildman–Crippen MR) is 65.4 cm³/mol. The van der Waals surface area contributed by atoms with E-state index in [1.54, 1.807) is 24.5 Å². The molecule has 1 N–H and O–H groups in total. The fourth-order valence-corrected chi connectivity index (χ4v) is 1.66. The summed E-state index contributed by atoms with van der Waals surface area (Å²) in [6.45, 7) is 0.185. The topological polar surface area (TPSA) is 42.6 Å². The molecule has 0 aliphatic heterocycles. The van der Waals surface area contributed by atoms with Gasteiger partial charge < -0.3 is 14.3 Å². The van der Waals surface area contributed by atoms with Crippen molar-refractivity contribution in [1.29, 1.82) is 0 Å². The summed E-state index contributed by atoms with van der Waals surface area (Å²) in [5.41, 5.74) is 0. The molecule has 1 atom stereocenters. The number of hydrogen-bond donors (Lipinski definition) is 1. The molecule has 0 aliphatic carbocycles. The summed E-state index contributed by atoms with van der Waals surface area (Å²) in [4.78, 5) is 0.